The molecule has 3 aromatic rings. The highest BCUT2D eigenvalue weighted by Gasteiger charge is 2.16. The van der Waals surface area contributed by atoms with Crippen molar-refractivity contribution in [2.45, 2.75) is 32.8 Å². The molecule has 124 valence electrons. The molecule has 0 amide bonds. The molecule has 0 fully saturated rings. The molecule has 0 atom stereocenters. The number of carbonyl (C=O) groups excluding carboxylic acids is 1. The van der Waals surface area contributed by atoms with Crippen molar-refractivity contribution in [3.05, 3.63) is 48.0 Å². The molecular formula is C17H19N5O2. The Kier molecular flexibility index (Phi) is 4.69. The second kappa shape index (κ2) is 7.08. The highest BCUT2D eigenvalue weighted by Crippen LogP contribution is 2.17. The molecule has 0 saturated carbocycles. The van der Waals surface area contributed by atoms with Crippen LogP contribution >= 0.6 is 0 Å². The number of ether oxygens (including phenoxy) is 1. The summed E-state index contributed by atoms with van der Waals surface area (Å²) < 4.78 is 6.59. The number of nitrogens with zero attached hydrogens (tertiary/aromatic N) is 4. The van der Waals surface area contributed by atoms with Gasteiger partial charge >= 0.3 is 6.09 Å². The van der Waals surface area contributed by atoms with Crippen molar-refractivity contribution in [1.82, 2.24) is 19.5 Å². The van der Waals surface area contributed by atoms with Crippen molar-refractivity contribution in [3.63, 3.8) is 0 Å². The Morgan fingerprint density at radius 2 is 2.04 bits per heavy atom. The van der Waals surface area contributed by atoms with E-state index in [1.165, 1.54) is 10.9 Å². The van der Waals surface area contributed by atoms with Gasteiger partial charge in [-0.2, -0.15) is 0 Å². The number of anilines is 1. The highest BCUT2D eigenvalue weighted by molar-refractivity contribution is 5.88. The lowest BCUT2D eigenvalue weighted by molar-refractivity contribution is 0.142. The third-order valence-corrected chi connectivity index (χ3v) is 3.63. The molecule has 0 radical (unpaired) electrons. The van der Waals surface area contributed by atoms with Gasteiger partial charge in [-0.1, -0.05) is 43.7 Å². The fraction of sp³-hybridized carbons (Fsp3) is 0.294. The van der Waals surface area contributed by atoms with Crippen molar-refractivity contribution < 1.29 is 9.53 Å². The highest BCUT2D eigenvalue weighted by atomic mass is 16.5. The Morgan fingerprint density at radius 1 is 1.25 bits per heavy atom. The van der Waals surface area contributed by atoms with Gasteiger partial charge in [-0.3, -0.25) is 0 Å². The number of nitrogen functional groups attached to an aromatic ring is 1. The topological polar surface area (TPSA) is 95.9 Å². The van der Waals surface area contributed by atoms with Crippen molar-refractivity contribution in [1.29, 1.82) is 0 Å². The summed E-state index contributed by atoms with van der Waals surface area (Å²) in [5.74, 6) is 0.889. The van der Waals surface area contributed by atoms with Crippen LogP contribution in [-0.4, -0.2) is 25.6 Å². The predicted octanol–water partition coefficient (Wildman–Crippen LogP) is 2.94. The molecule has 2 N–H and O–H groups in total. The van der Waals surface area contributed by atoms with Gasteiger partial charge in [0.05, 0.1) is 0 Å². The summed E-state index contributed by atoms with van der Waals surface area (Å²) in [6.07, 6.45) is 3.52. The molecule has 24 heavy (non-hydrogen) atoms. The number of hydrogen-bond donors (Lipinski definition) is 1. The van der Waals surface area contributed by atoms with E-state index in [4.69, 9.17) is 10.5 Å². The Bertz CT molecular complexity index is 845. The maximum absolute atomic E-state index is 12.3. The van der Waals surface area contributed by atoms with Crippen LogP contribution in [0.2, 0.25) is 0 Å². The minimum absolute atomic E-state index is 0.183. The largest absolute Gasteiger partial charge is 0.444 e. The molecule has 0 bridgehead atoms. The zero-order valence-corrected chi connectivity index (χ0v) is 13.5. The smallest absolute Gasteiger partial charge is 0.421 e. The number of imidazole rings is 1. The van der Waals surface area contributed by atoms with Crippen LogP contribution in [0.4, 0.5) is 10.6 Å². The van der Waals surface area contributed by atoms with E-state index in [0.717, 1.165) is 18.4 Å². The average Bonchev–Trinajstić information content (AvgIpc) is 3.03. The number of aromatic nitrogens is 4. The second-order valence-electron chi connectivity index (χ2n) is 5.46. The molecule has 0 saturated heterocycles. The summed E-state index contributed by atoms with van der Waals surface area (Å²) in [6.45, 7) is 2.27. The van der Waals surface area contributed by atoms with Crippen LogP contribution in [0.3, 0.4) is 0 Å². The standard InChI is InChI=1S/C17H19N5O2/c1-2-3-9-13-20-15(18)14-16(21-13)22(11-19-14)17(23)24-10-12-7-5-4-6-8-12/h4-8,11H,2-3,9-10H2,1H3,(H2,18,20,21). The van der Waals surface area contributed by atoms with Crippen LogP contribution in [0.5, 0.6) is 0 Å². The Labute approximate surface area is 139 Å². The van der Waals surface area contributed by atoms with E-state index in [-0.39, 0.29) is 12.4 Å². The quantitative estimate of drug-likeness (QED) is 0.775. The molecular weight excluding hydrogens is 306 g/mol. The summed E-state index contributed by atoms with van der Waals surface area (Å²) in [7, 11) is 0. The van der Waals surface area contributed by atoms with Gasteiger partial charge in [0.25, 0.3) is 0 Å². The lowest BCUT2D eigenvalue weighted by Gasteiger charge is -2.06. The lowest BCUT2D eigenvalue weighted by atomic mass is 10.2. The first kappa shape index (κ1) is 15.9. The molecule has 1 aromatic carbocycles. The molecule has 2 aromatic heterocycles. The number of aryl methyl sites for hydroxylation is 1. The van der Waals surface area contributed by atoms with Crippen molar-refractivity contribution in [3.8, 4) is 0 Å². The van der Waals surface area contributed by atoms with Crippen molar-refractivity contribution >= 4 is 23.1 Å². The molecule has 7 nitrogen and oxygen atoms in total. The SMILES string of the molecule is CCCCc1nc(N)c2ncn(C(=O)OCc3ccccc3)c2n1. The Balaban J connectivity index is 1.83. The van der Waals surface area contributed by atoms with Gasteiger partial charge in [-0.25, -0.2) is 24.3 Å². The number of benzene rings is 1. The van der Waals surface area contributed by atoms with E-state index in [1.54, 1.807) is 0 Å². The van der Waals surface area contributed by atoms with Crippen molar-refractivity contribution in [2.75, 3.05) is 5.73 Å². The third kappa shape index (κ3) is 3.34. The van der Waals surface area contributed by atoms with E-state index in [9.17, 15) is 4.79 Å². The monoisotopic (exact) mass is 325 g/mol. The van der Waals surface area contributed by atoms with E-state index in [1.807, 2.05) is 30.3 Å². The molecule has 7 heteroatoms. The first-order chi connectivity index (χ1) is 11.7. The Hall–Kier alpha value is -2.96. The fourth-order valence-corrected chi connectivity index (χ4v) is 2.34. The number of nitrogens with two attached hydrogens (primary N) is 1. The van der Waals surface area contributed by atoms with Crippen LogP contribution in [-0.2, 0) is 17.8 Å². The maximum atomic E-state index is 12.3. The van der Waals surface area contributed by atoms with Crippen LogP contribution < -0.4 is 5.73 Å². The maximum Gasteiger partial charge on any atom is 0.421 e. The number of fused-ring (bicyclic) bond motifs is 1. The van der Waals surface area contributed by atoms with Crippen molar-refractivity contribution in [2.24, 2.45) is 0 Å². The van der Waals surface area contributed by atoms with Gasteiger partial charge < -0.3 is 10.5 Å². The van der Waals surface area contributed by atoms with Gasteiger partial charge in [0.2, 0.25) is 0 Å². The molecule has 0 spiro atoms. The van der Waals surface area contributed by atoms with E-state index < -0.39 is 6.09 Å². The van der Waals surface area contributed by atoms with Gasteiger partial charge in [-0.05, 0) is 12.0 Å². The zero-order chi connectivity index (χ0) is 16.9. The third-order valence-electron chi connectivity index (χ3n) is 3.63. The molecule has 0 unspecified atom stereocenters. The number of carbonyl (C=O) groups is 1. The Morgan fingerprint density at radius 3 is 2.79 bits per heavy atom. The van der Waals surface area contributed by atoms with Crippen LogP contribution in [0.1, 0.15) is 31.2 Å². The van der Waals surface area contributed by atoms with E-state index in [2.05, 4.69) is 21.9 Å². The normalized spacial score (nSPS) is 10.9. The summed E-state index contributed by atoms with van der Waals surface area (Å²) in [4.78, 5) is 25.1. The van der Waals surface area contributed by atoms with E-state index in [0.29, 0.717) is 23.4 Å². The lowest BCUT2D eigenvalue weighted by Crippen LogP contribution is -2.14. The van der Waals surface area contributed by atoms with Crippen LogP contribution in [0.25, 0.3) is 11.2 Å². The summed E-state index contributed by atoms with van der Waals surface area (Å²) in [6, 6.07) is 9.48. The number of rotatable bonds is 5. The van der Waals surface area contributed by atoms with Gasteiger partial charge in [0, 0.05) is 6.42 Å². The minimum atomic E-state index is -0.541. The van der Waals surface area contributed by atoms with Gasteiger partial charge in [0.15, 0.2) is 17.0 Å². The van der Waals surface area contributed by atoms with E-state index >= 15 is 0 Å². The molecule has 0 aliphatic heterocycles. The first-order valence-corrected chi connectivity index (χ1v) is 7.89. The molecule has 2 heterocycles. The number of hydrogen-bond acceptors (Lipinski definition) is 6. The summed E-state index contributed by atoms with van der Waals surface area (Å²) in [5.41, 5.74) is 7.63. The molecule has 0 aliphatic carbocycles. The fourth-order valence-electron chi connectivity index (χ4n) is 2.34. The molecule has 3 rings (SSSR count). The summed E-state index contributed by atoms with van der Waals surface area (Å²) in [5, 5.41) is 0. The predicted molar refractivity (Wildman–Crippen MR) is 90.4 cm³/mol. The second-order valence-corrected chi connectivity index (χ2v) is 5.46. The number of unbranched alkanes of at least 4 members (excludes halogenated alkanes) is 1. The van der Waals surface area contributed by atoms with Crippen LogP contribution in [0.15, 0.2) is 36.7 Å². The summed E-state index contributed by atoms with van der Waals surface area (Å²) >= 11 is 0. The van der Waals surface area contributed by atoms with Gasteiger partial charge in [-0.15, -0.1) is 0 Å². The first-order valence-electron chi connectivity index (χ1n) is 7.89. The van der Waals surface area contributed by atoms with Crippen LogP contribution in [0, 0.1) is 0 Å². The molecule has 0 aliphatic rings. The van der Waals surface area contributed by atoms with Gasteiger partial charge in [0.1, 0.15) is 18.8 Å². The average molecular weight is 325 g/mol. The zero-order valence-electron chi connectivity index (χ0n) is 13.5. The minimum Gasteiger partial charge on any atom is -0.444 e.